The van der Waals surface area contributed by atoms with Crippen LogP contribution in [-0.2, 0) is 14.4 Å². The van der Waals surface area contributed by atoms with E-state index in [1.165, 1.54) is 0 Å². The Morgan fingerprint density at radius 3 is 2.52 bits per heavy atom. The van der Waals surface area contributed by atoms with E-state index in [-0.39, 0.29) is 29.8 Å². The fraction of sp³-hybridized carbons (Fsp3) is 0.591. The van der Waals surface area contributed by atoms with Crippen LogP contribution in [0.3, 0.4) is 0 Å². The molecule has 0 saturated carbocycles. The summed E-state index contributed by atoms with van der Waals surface area (Å²) in [5.74, 6) is -0.517. The number of nitrogens with zero attached hydrogens (tertiary/aromatic N) is 1. The Hall–Kier alpha value is -2.41. The molecule has 0 spiro atoms. The molecule has 29 heavy (non-hydrogen) atoms. The molecule has 0 aromatic heterocycles. The first-order valence-corrected chi connectivity index (χ1v) is 10.5. The quantitative estimate of drug-likeness (QED) is 0.675. The maximum absolute atomic E-state index is 12.9. The van der Waals surface area contributed by atoms with Crippen LogP contribution in [0.1, 0.15) is 58.1 Å². The van der Waals surface area contributed by atoms with Gasteiger partial charge in [-0.3, -0.25) is 14.4 Å². The second-order valence-corrected chi connectivity index (χ2v) is 8.56. The van der Waals surface area contributed by atoms with E-state index in [1.807, 2.05) is 37.3 Å². The van der Waals surface area contributed by atoms with Gasteiger partial charge in [0.1, 0.15) is 11.6 Å². The van der Waals surface area contributed by atoms with Gasteiger partial charge >= 0.3 is 0 Å². The molecule has 0 radical (unpaired) electrons. The predicted molar refractivity (Wildman–Crippen MR) is 111 cm³/mol. The highest BCUT2D eigenvalue weighted by molar-refractivity contribution is 5.95. The molecule has 2 aliphatic rings. The van der Waals surface area contributed by atoms with Gasteiger partial charge in [-0.05, 0) is 58.6 Å². The molecule has 3 amide bonds. The molecule has 7 heteroatoms. The molecule has 7 nitrogen and oxygen atoms in total. The number of rotatable bonds is 6. The third kappa shape index (κ3) is 4.96. The Bertz CT molecular complexity index is 744. The van der Waals surface area contributed by atoms with Gasteiger partial charge in [-0.2, -0.15) is 0 Å². The third-order valence-electron chi connectivity index (χ3n) is 5.85. The zero-order valence-corrected chi connectivity index (χ0v) is 17.5. The van der Waals surface area contributed by atoms with Crippen molar-refractivity contribution in [2.45, 2.75) is 70.1 Å². The number of carbonyl (C=O) groups excluding carboxylic acids is 3. The molecule has 0 aliphatic carbocycles. The Kier molecular flexibility index (Phi) is 6.57. The average molecular weight is 401 g/mol. The van der Waals surface area contributed by atoms with E-state index in [0.29, 0.717) is 13.0 Å². The molecular formula is C22H32N4O3. The van der Waals surface area contributed by atoms with Crippen molar-refractivity contribution in [1.82, 2.24) is 20.9 Å². The summed E-state index contributed by atoms with van der Waals surface area (Å²) in [5.41, 5.74) is -0.0807. The molecule has 3 N–H and O–H groups in total. The smallest absolute Gasteiger partial charge is 0.245 e. The van der Waals surface area contributed by atoms with Crippen molar-refractivity contribution >= 4 is 17.7 Å². The zero-order valence-electron chi connectivity index (χ0n) is 17.5. The Morgan fingerprint density at radius 1 is 1.14 bits per heavy atom. The summed E-state index contributed by atoms with van der Waals surface area (Å²) in [6.07, 6.45) is 3.22. The van der Waals surface area contributed by atoms with Gasteiger partial charge in [0.25, 0.3) is 0 Å². The van der Waals surface area contributed by atoms with Crippen LogP contribution in [0.15, 0.2) is 30.3 Å². The summed E-state index contributed by atoms with van der Waals surface area (Å²) < 4.78 is 0. The lowest BCUT2D eigenvalue weighted by atomic mass is 10.0. The number of benzene rings is 1. The summed E-state index contributed by atoms with van der Waals surface area (Å²) in [4.78, 5) is 40.2. The zero-order chi connectivity index (χ0) is 21.0. The molecule has 2 heterocycles. The minimum absolute atomic E-state index is 0.0000995. The highest BCUT2D eigenvalue weighted by Crippen LogP contribution is 2.22. The molecule has 2 fully saturated rings. The summed E-state index contributed by atoms with van der Waals surface area (Å²) in [6, 6.07) is 8.82. The van der Waals surface area contributed by atoms with Crippen molar-refractivity contribution in [3.05, 3.63) is 35.9 Å². The second-order valence-electron chi connectivity index (χ2n) is 8.56. The van der Waals surface area contributed by atoms with Gasteiger partial charge in [0.15, 0.2) is 0 Å². The van der Waals surface area contributed by atoms with E-state index in [0.717, 1.165) is 31.4 Å². The third-order valence-corrected chi connectivity index (χ3v) is 5.85. The van der Waals surface area contributed by atoms with E-state index in [2.05, 4.69) is 16.0 Å². The molecular weight excluding hydrogens is 368 g/mol. The first-order chi connectivity index (χ1) is 13.8. The number of carbonyl (C=O) groups is 3. The summed E-state index contributed by atoms with van der Waals surface area (Å²) in [6.45, 7) is 6.73. The summed E-state index contributed by atoms with van der Waals surface area (Å²) in [5, 5.41) is 9.04. The maximum atomic E-state index is 12.9. The molecule has 1 aromatic carbocycles. The number of amides is 3. The topological polar surface area (TPSA) is 90.5 Å². The number of hydrogen-bond donors (Lipinski definition) is 3. The minimum atomic E-state index is -1.08. The van der Waals surface area contributed by atoms with Crippen LogP contribution < -0.4 is 16.0 Å². The number of likely N-dealkylation sites (tertiary alicyclic amines) is 1. The lowest BCUT2D eigenvalue weighted by molar-refractivity contribution is -0.141. The second kappa shape index (κ2) is 8.95. The molecule has 1 aromatic rings. The van der Waals surface area contributed by atoms with Crippen molar-refractivity contribution in [2.75, 3.05) is 13.1 Å². The predicted octanol–water partition coefficient (Wildman–Crippen LogP) is 1.50. The minimum Gasteiger partial charge on any atom is -0.348 e. The lowest BCUT2D eigenvalue weighted by Crippen LogP contribution is -2.59. The Labute approximate surface area is 172 Å². The van der Waals surface area contributed by atoms with Crippen LogP contribution in [0.25, 0.3) is 0 Å². The van der Waals surface area contributed by atoms with Crippen molar-refractivity contribution in [2.24, 2.45) is 0 Å². The van der Waals surface area contributed by atoms with Crippen LogP contribution in [-0.4, -0.2) is 53.3 Å². The van der Waals surface area contributed by atoms with Crippen molar-refractivity contribution in [1.29, 1.82) is 0 Å². The van der Waals surface area contributed by atoms with Gasteiger partial charge in [-0.25, -0.2) is 0 Å². The fourth-order valence-electron chi connectivity index (χ4n) is 4.05. The van der Waals surface area contributed by atoms with E-state index < -0.39 is 11.6 Å². The summed E-state index contributed by atoms with van der Waals surface area (Å²) in [7, 11) is 0. The summed E-state index contributed by atoms with van der Waals surface area (Å²) >= 11 is 0. The van der Waals surface area contributed by atoms with Crippen LogP contribution in [0.5, 0.6) is 0 Å². The Morgan fingerprint density at radius 2 is 1.86 bits per heavy atom. The first kappa shape index (κ1) is 21.3. The van der Waals surface area contributed by atoms with Gasteiger partial charge < -0.3 is 20.9 Å². The highest BCUT2D eigenvalue weighted by Gasteiger charge is 2.40. The molecule has 158 valence electrons. The van der Waals surface area contributed by atoms with Gasteiger partial charge in [-0.15, -0.1) is 0 Å². The van der Waals surface area contributed by atoms with Crippen molar-refractivity contribution in [3.8, 4) is 0 Å². The SMILES string of the molecule is C[C@H](NC(=O)C(C)(C)NC(=O)C1CCCN1C(=O)[C@H]1CCCN1)c1ccccc1. The van der Waals surface area contributed by atoms with E-state index in [9.17, 15) is 14.4 Å². The van der Waals surface area contributed by atoms with Gasteiger partial charge in [0, 0.05) is 6.54 Å². The monoisotopic (exact) mass is 400 g/mol. The van der Waals surface area contributed by atoms with Gasteiger partial charge in [0.05, 0.1) is 12.1 Å². The first-order valence-electron chi connectivity index (χ1n) is 10.5. The van der Waals surface area contributed by atoms with Crippen LogP contribution in [0.2, 0.25) is 0 Å². The molecule has 0 bridgehead atoms. The largest absolute Gasteiger partial charge is 0.348 e. The average Bonchev–Trinajstić information content (AvgIpc) is 3.39. The standard InChI is InChI=1S/C22H32N4O3/c1-15(16-9-5-4-6-10-16)24-21(29)22(2,3)25-19(27)18-12-8-14-26(18)20(28)17-11-7-13-23-17/h4-6,9-10,15,17-18,23H,7-8,11-14H2,1-3H3,(H,24,29)(H,25,27)/t15-,17+,18?/m0/s1. The molecule has 3 atom stereocenters. The molecule has 3 rings (SSSR count). The fourth-order valence-corrected chi connectivity index (χ4v) is 4.05. The van der Waals surface area contributed by atoms with Gasteiger partial charge in [0.2, 0.25) is 17.7 Å². The number of hydrogen-bond acceptors (Lipinski definition) is 4. The lowest BCUT2D eigenvalue weighted by Gasteiger charge is -2.31. The van der Waals surface area contributed by atoms with Crippen LogP contribution in [0, 0.1) is 0 Å². The van der Waals surface area contributed by atoms with E-state index in [4.69, 9.17) is 0 Å². The normalized spacial score (nSPS) is 22.9. The molecule has 2 saturated heterocycles. The maximum Gasteiger partial charge on any atom is 0.245 e. The van der Waals surface area contributed by atoms with Crippen molar-refractivity contribution < 1.29 is 14.4 Å². The van der Waals surface area contributed by atoms with Gasteiger partial charge in [-0.1, -0.05) is 30.3 Å². The highest BCUT2D eigenvalue weighted by atomic mass is 16.2. The Balaban J connectivity index is 1.60. The number of nitrogens with one attached hydrogen (secondary N) is 3. The van der Waals surface area contributed by atoms with E-state index in [1.54, 1.807) is 18.7 Å². The molecule has 1 unspecified atom stereocenters. The molecule has 2 aliphatic heterocycles. The van der Waals surface area contributed by atoms with E-state index >= 15 is 0 Å². The van der Waals surface area contributed by atoms with Crippen LogP contribution >= 0.6 is 0 Å². The van der Waals surface area contributed by atoms with Crippen molar-refractivity contribution in [3.63, 3.8) is 0 Å². The van der Waals surface area contributed by atoms with Crippen LogP contribution in [0.4, 0.5) is 0 Å².